The van der Waals surface area contributed by atoms with E-state index in [-0.39, 0.29) is 0 Å². The fraction of sp³-hybridized carbons (Fsp3) is 0.250. The van der Waals surface area contributed by atoms with Gasteiger partial charge in [0.15, 0.2) is 0 Å². The Morgan fingerprint density at radius 2 is 2.40 bits per heavy atom. The van der Waals surface area contributed by atoms with Crippen molar-refractivity contribution in [2.45, 2.75) is 13.5 Å². The van der Waals surface area contributed by atoms with Crippen molar-refractivity contribution in [3.63, 3.8) is 0 Å². The van der Waals surface area contributed by atoms with Crippen molar-refractivity contribution in [1.29, 1.82) is 0 Å². The van der Waals surface area contributed by atoms with Crippen LogP contribution >= 0.6 is 0 Å². The third-order valence-corrected chi connectivity index (χ3v) is 2.19. The quantitative estimate of drug-likeness (QED) is 0.599. The maximum atomic E-state index is 4.30. The SMILES string of the molecule is CC#CCNCc1cnc2ccccn12. The van der Waals surface area contributed by atoms with Gasteiger partial charge in [-0.05, 0) is 19.1 Å². The van der Waals surface area contributed by atoms with Gasteiger partial charge in [-0.1, -0.05) is 12.0 Å². The molecular weight excluding hydrogens is 186 g/mol. The van der Waals surface area contributed by atoms with E-state index in [4.69, 9.17) is 0 Å². The monoisotopic (exact) mass is 199 g/mol. The van der Waals surface area contributed by atoms with Crippen LogP contribution in [-0.2, 0) is 6.54 Å². The van der Waals surface area contributed by atoms with E-state index in [1.165, 1.54) is 0 Å². The molecule has 0 aliphatic carbocycles. The summed E-state index contributed by atoms with van der Waals surface area (Å²) in [7, 11) is 0. The molecule has 1 N–H and O–H groups in total. The second-order valence-corrected chi connectivity index (χ2v) is 3.21. The number of fused-ring (bicyclic) bond motifs is 1. The molecule has 2 aromatic heterocycles. The zero-order chi connectivity index (χ0) is 10.5. The van der Waals surface area contributed by atoms with Crippen molar-refractivity contribution >= 4 is 5.65 Å². The Balaban J connectivity index is 2.10. The van der Waals surface area contributed by atoms with Crippen LogP contribution in [0.5, 0.6) is 0 Å². The Labute approximate surface area is 89.1 Å². The normalized spacial score (nSPS) is 9.93. The van der Waals surface area contributed by atoms with Gasteiger partial charge in [0.25, 0.3) is 0 Å². The summed E-state index contributed by atoms with van der Waals surface area (Å²) in [5, 5.41) is 3.25. The molecule has 2 rings (SSSR count). The number of hydrogen-bond acceptors (Lipinski definition) is 2. The lowest BCUT2D eigenvalue weighted by atomic mass is 10.4. The highest BCUT2D eigenvalue weighted by Crippen LogP contribution is 2.04. The van der Waals surface area contributed by atoms with E-state index >= 15 is 0 Å². The average molecular weight is 199 g/mol. The second kappa shape index (κ2) is 4.63. The molecule has 0 fully saturated rings. The zero-order valence-corrected chi connectivity index (χ0v) is 8.70. The molecule has 76 valence electrons. The first-order valence-corrected chi connectivity index (χ1v) is 4.93. The van der Waals surface area contributed by atoms with Gasteiger partial charge in [-0.3, -0.25) is 0 Å². The molecule has 2 heterocycles. The smallest absolute Gasteiger partial charge is 0.136 e. The molecule has 0 saturated carbocycles. The number of nitrogens with zero attached hydrogens (tertiary/aromatic N) is 2. The van der Waals surface area contributed by atoms with Crippen LogP contribution < -0.4 is 5.32 Å². The van der Waals surface area contributed by atoms with Crippen LogP contribution in [0.4, 0.5) is 0 Å². The van der Waals surface area contributed by atoms with Crippen molar-refractivity contribution in [2.24, 2.45) is 0 Å². The van der Waals surface area contributed by atoms with Gasteiger partial charge in [0, 0.05) is 12.7 Å². The van der Waals surface area contributed by atoms with E-state index in [1.807, 2.05) is 37.5 Å². The van der Waals surface area contributed by atoms with Crippen LogP contribution in [0.3, 0.4) is 0 Å². The zero-order valence-electron chi connectivity index (χ0n) is 8.70. The second-order valence-electron chi connectivity index (χ2n) is 3.21. The number of aromatic nitrogens is 2. The first kappa shape index (κ1) is 9.75. The lowest BCUT2D eigenvalue weighted by Crippen LogP contribution is -2.14. The maximum Gasteiger partial charge on any atom is 0.136 e. The third-order valence-electron chi connectivity index (χ3n) is 2.19. The lowest BCUT2D eigenvalue weighted by molar-refractivity contribution is 0.742. The van der Waals surface area contributed by atoms with Crippen LogP contribution in [0.2, 0.25) is 0 Å². The largest absolute Gasteiger partial charge is 0.303 e. The average Bonchev–Trinajstić information content (AvgIpc) is 2.68. The molecule has 0 unspecified atom stereocenters. The van der Waals surface area contributed by atoms with E-state index in [0.717, 1.165) is 24.4 Å². The van der Waals surface area contributed by atoms with E-state index < -0.39 is 0 Å². The van der Waals surface area contributed by atoms with Crippen LogP contribution in [0, 0.1) is 11.8 Å². The summed E-state index contributed by atoms with van der Waals surface area (Å²) < 4.78 is 2.08. The van der Waals surface area contributed by atoms with E-state index in [9.17, 15) is 0 Å². The molecule has 0 aliphatic heterocycles. The molecular formula is C12H13N3. The van der Waals surface area contributed by atoms with Crippen molar-refractivity contribution in [2.75, 3.05) is 6.54 Å². The van der Waals surface area contributed by atoms with Gasteiger partial charge in [0.05, 0.1) is 18.4 Å². The number of rotatable bonds is 3. The first-order chi connectivity index (χ1) is 7.42. The van der Waals surface area contributed by atoms with Crippen LogP contribution in [0.15, 0.2) is 30.6 Å². The van der Waals surface area contributed by atoms with Gasteiger partial charge in [0.2, 0.25) is 0 Å². The molecule has 15 heavy (non-hydrogen) atoms. The number of pyridine rings is 1. The lowest BCUT2D eigenvalue weighted by Gasteiger charge is -2.00. The van der Waals surface area contributed by atoms with Crippen LogP contribution in [0.25, 0.3) is 5.65 Å². The minimum Gasteiger partial charge on any atom is -0.303 e. The molecule has 0 amide bonds. The first-order valence-electron chi connectivity index (χ1n) is 4.93. The Morgan fingerprint density at radius 1 is 1.47 bits per heavy atom. The van der Waals surface area contributed by atoms with E-state index in [2.05, 4.69) is 26.5 Å². The minimum absolute atomic E-state index is 0.719. The van der Waals surface area contributed by atoms with E-state index in [0.29, 0.717) is 0 Å². The molecule has 3 nitrogen and oxygen atoms in total. The standard InChI is InChI=1S/C12H13N3/c1-2-3-7-13-9-11-10-14-12-6-4-5-8-15(11)12/h4-6,8,10,13H,7,9H2,1H3. The van der Waals surface area contributed by atoms with Crippen molar-refractivity contribution in [1.82, 2.24) is 14.7 Å². The summed E-state index contributed by atoms with van der Waals surface area (Å²) in [4.78, 5) is 4.30. The summed E-state index contributed by atoms with van der Waals surface area (Å²) in [6.07, 6.45) is 3.91. The summed E-state index contributed by atoms with van der Waals surface area (Å²) in [6.45, 7) is 3.35. The van der Waals surface area contributed by atoms with Gasteiger partial charge in [0.1, 0.15) is 5.65 Å². The fourth-order valence-electron chi connectivity index (χ4n) is 1.46. The summed E-state index contributed by atoms with van der Waals surface area (Å²) in [6, 6.07) is 5.99. The van der Waals surface area contributed by atoms with Gasteiger partial charge >= 0.3 is 0 Å². The van der Waals surface area contributed by atoms with Gasteiger partial charge in [-0.15, -0.1) is 5.92 Å². The Morgan fingerprint density at radius 3 is 3.27 bits per heavy atom. The summed E-state index contributed by atoms with van der Waals surface area (Å²) in [5.41, 5.74) is 2.14. The molecule has 0 atom stereocenters. The topological polar surface area (TPSA) is 29.3 Å². The van der Waals surface area contributed by atoms with Crippen molar-refractivity contribution in [3.05, 3.63) is 36.3 Å². The number of hydrogen-bond donors (Lipinski definition) is 1. The maximum absolute atomic E-state index is 4.30. The van der Waals surface area contributed by atoms with Gasteiger partial charge < -0.3 is 9.72 Å². The highest BCUT2D eigenvalue weighted by atomic mass is 15.0. The van der Waals surface area contributed by atoms with Crippen molar-refractivity contribution < 1.29 is 0 Å². The predicted octanol–water partition coefficient (Wildman–Crippen LogP) is 1.45. The summed E-state index contributed by atoms with van der Waals surface area (Å²) >= 11 is 0. The fourth-order valence-corrected chi connectivity index (χ4v) is 1.46. The molecule has 0 aliphatic rings. The Bertz CT molecular complexity index is 502. The molecule has 2 aromatic rings. The van der Waals surface area contributed by atoms with Gasteiger partial charge in [-0.25, -0.2) is 4.98 Å². The highest BCUT2D eigenvalue weighted by molar-refractivity contribution is 5.39. The third kappa shape index (κ3) is 2.17. The number of imidazole rings is 1. The molecule has 0 bridgehead atoms. The van der Waals surface area contributed by atoms with E-state index in [1.54, 1.807) is 0 Å². The molecule has 0 aromatic carbocycles. The Kier molecular flexibility index (Phi) is 3.01. The predicted molar refractivity (Wildman–Crippen MR) is 60.3 cm³/mol. The molecule has 0 spiro atoms. The molecule has 3 heteroatoms. The molecule has 0 radical (unpaired) electrons. The highest BCUT2D eigenvalue weighted by Gasteiger charge is 1.99. The van der Waals surface area contributed by atoms with Crippen molar-refractivity contribution in [3.8, 4) is 11.8 Å². The minimum atomic E-state index is 0.719. The van der Waals surface area contributed by atoms with Gasteiger partial charge in [-0.2, -0.15) is 0 Å². The number of nitrogens with one attached hydrogen (secondary N) is 1. The van der Waals surface area contributed by atoms with Crippen LogP contribution in [0.1, 0.15) is 12.6 Å². The van der Waals surface area contributed by atoms with Crippen LogP contribution in [-0.4, -0.2) is 15.9 Å². The Hall–Kier alpha value is -1.79. The summed E-state index contributed by atoms with van der Waals surface area (Å²) in [5.74, 6) is 5.82. The molecule has 0 saturated heterocycles.